The molecule has 1 atom stereocenters. The largest absolute Gasteiger partial charge is 0.478 e. The van der Waals surface area contributed by atoms with Crippen LogP contribution in [0.2, 0.25) is 0 Å². The molecule has 3 amide bonds. The quantitative estimate of drug-likeness (QED) is 0.344. The van der Waals surface area contributed by atoms with Gasteiger partial charge in [-0.25, -0.2) is 9.37 Å². The number of aromatic nitrogens is 2. The van der Waals surface area contributed by atoms with Crippen LogP contribution >= 0.6 is 11.8 Å². The van der Waals surface area contributed by atoms with Crippen LogP contribution in [0.3, 0.4) is 0 Å². The average Bonchev–Trinajstić information content (AvgIpc) is 3.22. The van der Waals surface area contributed by atoms with Crippen LogP contribution in [0.1, 0.15) is 17.3 Å². The maximum Gasteiger partial charge on any atom is 0.279 e. The van der Waals surface area contributed by atoms with Crippen LogP contribution in [0.4, 0.5) is 10.1 Å². The third-order valence-corrected chi connectivity index (χ3v) is 5.41. The van der Waals surface area contributed by atoms with Crippen LogP contribution in [0.15, 0.2) is 66.1 Å². The molecule has 0 radical (unpaired) electrons. The van der Waals surface area contributed by atoms with Gasteiger partial charge in [0.25, 0.3) is 11.8 Å². The highest BCUT2D eigenvalue weighted by molar-refractivity contribution is 7.99. The van der Waals surface area contributed by atoms with E-state index in [2.05, 4.69) is 21.2 Å². The van der Waals surface area contributed by atoms with Gasteiger partial charge in [0, 0.05) is 30.7 Å². The van der Waals surface area contributed by atoms with Gasteiger partial charge >= 0.3 is 0 Å². The van der Waals surface area contributed by atoms with Crippen LogP contribution in [-0.4, -0.2) is 39.1 Å². The maximum atomic E-state index is 13.6. The molecule has 0 bridgehead atoms. The van der Waals surface area contributed by atoms with Crippen molar-refractivity contribution in [3.8, 4) is 5.75 Å². The monoisotopic (exact) mass is 471 g/mol. The number of hydrogen-bond acceptors (Lipinski definition) is 6. The highest BCUT2D eigenvalue weighted by atomic mass is 32.2. The van der Waals surface area contributed by atoms with Gasteiger partial charge < -0.3 is 14.6 Å². The maximum absolute atomic E-state index is 13.6. The zero-order valence-electron chi connectivity index (χ0n) is 17.9. The van der Waals surface area contributed by atoms with Crippen LogP contribution < -0.4 is 20.9 Å². The van der Waals surface area contributed by atoms with Gasteiger partial charge in [0.1, 0.15) is 0 Å². The molecular formula is C22H22FN5O4S. The molecule has 33 heavy (non-hydrogen) atoms. The van der Waals surface area contributed by atoms with Crippen molar-refractivity contribution in [3.05, 3.63) is 72.3 Å². The highest BCUT2D eigenvalue weighted by Crippen LogP contribution is 2.17. The summed E-state index contributed by atoms with van der Waals surface area (Å²) in [5, 5.41) is 3.47. The molecule has 0 spiro atoms. The Morgan fingerprint density at radius 3 is 2.52 bits per heavy atom. The first kappa shape index (κ1) is 23.8. The third kappa shape index (κ3) is 6.81. The Kier molecular flexibility index (Phi) is 8.03. The first-order chi connectivity index (χ1) is 15.8. The minimum Gasteiger partial charge on any atom is -0.478 e. The number of imidazole rings is 1. The number of aryl methyl sites for hydroxylation is 1. The number of benzene rings is 2. The molecule has 0 saturated carbocycles. The van der Waals surface area contributed by atoms with Crippen molar-refractivity contribution in [2.45, 2.75) is 18.2 Å². The lowest BCUT2D eigenvalue weighted by molar-refractivity contribution is -0.128. The molecule has 3 rings (SSSR count). The number of anilines is 1. The molecular weight excluding hydrogens is 449 g/mol. The lowest BCUT2D eigenvalue weighted by Crippen LogP contribution is -2.47. The predicted octanol–water partition coefficient (Wildman–Crippen LogP) is 2.52. The standard InChI is InChI=1S/C22H22FN5O4S/c1-14(32-18-6-4-3-5-17(18)23)20(30)26-27-21(31)15-7-9-16(10-8-15)25-19(29)13-33-22-24-11-12-28(22)2/h3-12,14H,13H2,1-2H3,(H,25,29)(H,26,30)(H,27,31)/t14-/m0/s1. The number of hydrazine groups is 1. The molecule has 0 aliphatic carbocycles. The fourth-order valence-electron chi connectivity index (χ4n) is 2.60. The molecule has 172 valence electrons. The Hall–Kier alpha value is -3.86. The zero-order chi connectivity index (χ0) is 23.8. The number of halogens is 1. The van der Waals surface area contributed by atoms with Crippen molar-refractivity contribution in [1.29, 1.82) is 0 Å². The molecule has 0 aliphatic heterocycles. The lowest BCUT2D eigenvalue weighted by atomic mass is 10.2. The van der Waals surface area contributed by atoms with Gasteiger partial charge in [-0.3, -0.25) is 25.2 Å². The second kappa shape index (κ2) is 11.1. The molecule has 3 N–H and O–H groups in total. The molecule has 1 heterocycles. The smallest absolute Gasteiger partial charge is 0.279 e. The fourth-order valence-corrected chi connectivity index (χ4v) is 3.33. The summed E-state index contributed by atoms with van der Waals surface area (Å²) in [5.74, 6) is -1.90. The molecule has 0 aliphatic rings. The van der Waals surface area contributed by atoms with E-state index in [4.69, 9.17) is 4.74 Å². The van der Waals surface area contributed by atoms with E-state index in [1.165, 1.54) is 49.0 Å². The van der Waals surface area contributed by atoms with Crippen LogP contribution in [0.25, 0.3) is 0 Å². The number of nitrogens with one attached hydrogen (secondary N) is 3. The Bertz CT molecular complexity index is 1140. The van der Waals surface area contributed by atoms with E-state index in [9.17, 15) is 18.8 Å². The van der Waals surface area contributed by atoms with E-state index in [1.807, 2.05) is 11.6 Å². The molecule has 0 unspecified atom stereocenters. The summed E-state index contributed by atoms with van der Waals surface area (Å²) < 4.78 is 20.7. The van der Waals surface area contributed by atoms with Crippen molar-refractivity contribution >= 4 is 35.2 Å². The molecule has 1 aromatic heterocycles. The molecule has 11 heteroatoms. The number of amides is 3. The number of thioether (sulfide) groups is 1. The van der Waals surface area contributed by atoms with Gasteiger partial charge in [0.2, 0.25) is 5.91 Å². The fraction of sp³-hybridized carbons (Fsp3) is 0.182. The molecule has 2 aromatic carbocycles. The number of carbonyl (C=O) groups is 3. The molecule has 3 aromatic rings. The Morgan fingerprint density at radius 1 is 1.12 bits per heavy atom. The van der Waals surface area contributed by atoms with E-state index in [-0.39, 0.29) is 23.0 Å². The van der Waals surface area contributed by atoms with E-state index in [0.29, 0.717) is 5.69 Å². The van der Waals surface area contributed by atoms with Crippen molar-refractivity contribution in [2.75, 3.05) is 11.1 Å². The minimum atomic E-state index is -1.04. The first-order valence-corrected chi connectivity index (χ1v) is 10.8. The normalized spacial score (nSPS) is 11.4. The topological polar surface area (TPSA) is 114 Å². The highest BCUT2D eigenvalue weighted by Gasteiger charge is 2.17. The van der Waals surface area contributed by atoms with E-state index in [0.717, 1.165) is 5.16 Å². The third-order valence-electron chi connectivity index (χ3n) is 4.35. The number of rotatable bonds is 8. The van der Waals surface area contributed by atoms with Crippen molar-refractivity contribution in [2.24, 2.45) is 7.05 Å². The molecule has 9 nitrogen and oxygen atoms in total. The van der Waals surface area contributed by atoms with Crippen LogP contribution in [-0.2, 0) is 16.6 Å². The number of para-hydroxylation sites is 1. The van der Waals surface area contributed by atoms with Crippen molar-refractivity contribution < 1.29 is 23.5 Å². The Morgan fingerprint density at radius 2 is 1.85 bits per heavy atom. The van der Waals surface area contributed by atoms with Gasteiger partial charge in [0.15, 0.2) is 22.8 Å². The van der Waals surface area contributed by atoms with Crippen molar-refractivity contribution in [3.63, 3.8) is 0 Å². The second-order valence-corrected chi connectivity index (χ2v) is 7.81. The first-order valence-electron chi connectivity index (χ1n) is 9.85. The van der Waals surface area contributed by atoms with Crippen LogP contribution in [0.5, 0.6) is 5.75 Å². The summed E-state index contributed by atoms with van der Waals surface area (Å²) in [5.41, 5.74) is 5.29. The summed E-state index contributed by atoms with van der Waals surface area (Å²) in [7, 11) is 1.84. The minimum absolute atomic E-state index is 0.0672. The average molecular weight is 472 g/mol. The van der Waals surface area contributed by atoms with E-state index < -0.39 is 23.7 Å². The summed E-state index contributed by atoms with van der Waals surface area (Å²) in [6.07, 6.45) is 2.41. The number of ether oxygens (including phenoxy) is 1. The predicted molar refractivity (Wildman–Crippen MR) is 121 cm³/mol. The van der Waals surface area contributed by atoms with Gasteiger partial charge in [-0.05, 0) is 43.3 Å². The van der Waals surface area contributed by atoms with Gasteiger partial charge in [-0.15, -0.1) is 0 Å². The lowest BCUT2D eigenvalue weighted by Gasteiger charge is -2.15. The number of nitrogens with zero attached hydrogens (tertiary/aromatic N) is 2. The summed E-state index contributed by atoms with van der Waals surface area (Å²) in [6, 6.07) is 11.8. The Balaban J connectivity index is 1.44. The van der Waals surface area contributed by atoms with Gasteiger partial charge in [-0.2, -0.15) is 0 Å². The van der Waals surface area contributed by atoms with Gasteiger partial charge in [0.05, 0.1) is 5.75 Å². The molecule has 0 fully saturated rings. The SMILES string of the molecule is C[C@H](Oc1ccccc1F)C(=O)NNC(=O)c1ccc(NC(=O)CSc2nccn2C)cc1. The van der Waals surface area contributed by atoms with Gasteiger partial charge in [-0.1, -0.05) is 23.9 Å². The summed E-state index contributed by atoms with van der Waals surface area (Å²) >= 11 is 1.31. The van der Waals surface area contributed by atoms with Crippen LogP contribution in [0, 0.1) is 5.82 Å². The summed E-state index contributed by atoms with van der Waals surface area (Å²) in [6.45, 7) is 1.43. The summed E-state index contributed by atoms with van der Waals surface area (Å²) in [4.78, 5) is 40.6. The second-order valence-electron chi connectivity index (χ2n) is 6.87. The number of carbonyl (C=O) groups excluding carboxylic acids is 3. The number of hydrogen-bond donors (Lipinski definition) is 3. The Labute approximate surface area is 193 Å². The van der Waals surface area contributed by atoms with Crippen molar-refractivity contribution in [1.82, 2.24) is 20.4 Å². The van der Waals surface area contributed by atoms with E-state index >= 15 is 0 Å². The zero-order valence-corrected chi connectivity index (χ0v) is 18.7. The molecule has 0 saturated heterocycles. The van der Waals surface area contributed by atoms with E-state index in [1.54, 1.807) is 30.6 Å².